The van der Waals surface area contributed by atoms with E-state index in [-0.39, 0.29) is 38.4 Å². The topological polar surface area (TPSA) is 170 Å². The number of likely N-dealkylation sites (N-methyl/N-ethyl adjacent to an activating group) is 1. The van der Waals surface area contributed by atoms with Crippen molar-refractivity contribution < 1.29 is 52.5 Å². The number of aliphatic hydroxyl groups excluding tert-OH is 1. The summed E-state index contributed by atoms with van der Waals surface area (Å²) in [6, 6.07) is 26.6. The van der Waals surface area contributed by atoms with Gasteiger partial charge in [0.15, 0.2) is 23.0 Å². The molecule has 0 saturated carbocycles. The maximum Gasteiger partial charge on any atom is 0.410 e. The highest BCUT2D eigenvalue weighted by Gasteiger charge is 2.27. The van der Waals surface area contributed by atoms with Crippen molar-refractivity contribution in [2.75, 3.05) is 67.3 Å². The SMILES string of the molecule is CCCC(CCOCc1ccccc1)Oc1nc(N(Cc2ccc(OC)cc2OC)Cc2ccc(OC)cc2OC)c2ncc(C(O)c3ccc(OCCN(C)C(=O)OC(C)(C)C)c(OC)c3)n2n1. The van der Waals surface area contributed by atoms with Gasteiger partial charge >= 0.3 is 12.1 Å². The minimum absolute atomic E-state index is 0.0801. The first-order chi connectivity index (χ1) is 33.3. The van der Waals surface area contributed by atoms with Gasteiger partial charge in [0.05, 0.1) is 67.2 Å². The van der Waals surface area contributed by atoms with E-state index in [1.807, 2.05) is 92.4 Å². The minimum atomic E-state index is -1.24. The van der Waals surface area contributed by atoms with Crippen LogP contribution in [0.4, 0.5) is 10.6 Å². The number of ether oxygens (including phenoxy) is 9. The van der Waals surface area contributed by atoms with Gasteiger partial charge in [-0.3, -0.25) is 0 Å². The van der Waals surface area contributed by atoms with Gasteiger partial charge in [-0.05, 0) is 74.7 Å². The third-order valence-electron chi connectivity index (χ3n) is 11.1. The molecular weight excluding hydrogens is 885 g/mol. The molecule has 2 unspecified atom stereocenters. The van der Waals surface area contributed by atoms with E-state index in [0.717, 1.165) is 23.1 Å². The average Bonchev–Trinajstić information content (AvgIpc) is 3.78. The Morgan fingerprint density at radius 2 is 1.42 bits per heavy atom. The average molecular weight is 951 g/mol. The zero-order valence-corrected chi connectivity index (χ0v) is 41.4. The molecule has 0 fully saturated rings. The summed E-state index contributed by atoms with van der Waals surface area (Å²) in [6.45, 7) is 9.48. The summed E-state index contributed by atoms with van der Waals surface area (Å²) in [5.74, 6) is 3.73. The maximum atomic E-state index is 12.5. The Labute approximate surface area is 404 Å². The summed E-state index contributed by atoms with van der Waals surface area (Å²) in [6.07, 6.45) is 1.71. The zero-order chi connectivity index (χ0) is 49.5. The van der Waals surface area contributed by atoms with Crippen LogP contribution in [0, 0.1) is 0 Å². The molecule has 17 nitrogen and oxygen atoms in total. The number of imidazole rings is 1. The molecule has 0 spiro atoms. The fourth-order valence-corrected chi connectivity index (χ4v) is 7.48. The molecule has 17 heteroatoms. The van der Waals surface area contributed by atoms with Crippen molar-refractivity contribution in [2.24, 2.45) is 0 Å². The van der Waals surface area contributed by atoms with Gasteiger partial charge in [0.1, 0.15) is 47.4 Å². The number of fused-ring (bicyclic) bond motifs is 1. The predicted molar refractivity (Wildman–Crippen MR) is 261 cm³/mol. The Bertz CT molecular complexity index is 2530. The summed E-state index contributed by atoms with van der Waals surface area (Å²) in [5, 5.41) is 17.1. The molecule has 370 valence electrons. The molecule has 2 atom stereocenters. The molecule has 0 radical (unpaired) electrons. The van der Waals surface area contributed by atoms with Crippen LogP contribution >= 0.6 is 0 Å². The van der Waals surface area contributed by atoms with E-state index in [1.165, 1.54) is 12.0 Å². The van der Waals surface area contributed by atoms with Crippen LogP contribution in [0.15, 0.2) is 91.1 Å². The zero-order valence-electron chi connectivity index (χ0n) is 41.4. The number of amides is 1. The van der Waals surface area contributed by atoms with Crippen LogP contribution in [0.25, 0.3) is 5.65 Å². The molecule has 0 saturated heterocycles. The number of aliphatic hydroxyl groups is 1. The number of rotatable bonds is 25. The highest BCUT2D eigenvalue weighted by molar-refractivity contribution is 5.68. The smallest absolute Gasteiger partial charge is 0.410 e. The van der Waals surface area contributed by atoms with Crippen LogP contribution < -0.4 is 38.1 Å². The first-order valence-electron chi connectivity index (χ1n) is 22.9. The Morgan fingerprint density at radius 1 is 0.768 bits per heavy atom. The Hall–Kier alpha value is -6.98. The lowest BCUT2D eigenvalue weighted by Crippen LogP contribution is -2.36. The summed E-state index contributed by atoms with van der Waals surface area (Å²) in [5.41, 5.74) is 3.31. The van der Waals surface area contributed by atoms with E-state index >= 15 is 0 Å². The van der Waals surface area contributed by atoms with Crippen LogP contribution in [0.3, 0.4) is 0 Å². The van der Waals surface area contributed by atoms with Gasteiger partial charge in [0, 0.05) is 49.8 Å². The molecule has 2 aromatic heterocycles. The molecule has 4 aromatic carbocycles. The van der Waals surface area contributed by atoms with E-state index in [9.17, 15) is 9.90 Å². The predicted octanol–water partition coefficient (Wildman–Crippen LogP) is 8.86. The second kappa shape index (κ2) is 24.3. The van der Waals surface area contributed by atoms with Gasteiger partial charge in [-0.2, -0.15) is 4.98 Å². The van der Waals surface area contributed by atoms with Crippen LogP contribution in [-0.2, 0) is 29.2 Å². The Kier molecular flexibility index (Phi) is 18.1. The number of hydrogen-bond donors (Lipinski definition) is 1. The second-order valence-corrected chi connectivity index (χ2v) is 17.3. The van der Waals surface area contributed by atoms with Crippen LogP contribution in [0.2, 0.25) is 0 Å². The molecule has 0 aliphatic rings. The number of hydrogen-bond acceptors (Lipinski definition) is 15. The number of aromatic nitrogens is 4. The third-order valence-corrected chi connectivity index (χ3v) is 11.1. The lowest BCUT2D eigenvalue weighted by Gasteiger charge is -2.27. The number of methoxy groups -OCH3 is 5. The van der Waals surface area contributed by atoms with Crippen molar-refractivity contribution in [3.63, 3.8) is 0 Å². The molecule has 1 amide bonds. The number of benzene rings is 4. The van der Waals surface area contributed by atoms with E-state index in [0.29, 0.717) is 83.3 Å². The molecule has 69 heavy (non-hydrogen) atoms. The normalized spacial score (nSPS) is 12.2. The summed E-state index contributed by atoms with van der Waals surface area (Å²) < 4.78 is 54.4. The standard InChI is InChI=1S/C52H66N6O11/c1-11-15-39(24-26-66-34-35-16-13-12-14-17-35)68-50-54-49(57(32-37-18-21-40(61-6)29-44(37)63-8)33-38-19-22-41(62-7)30-45(38)64-9)48-53-31-42(58(48)55-50)47(59)36-20-23-43(46(28-36)65-10)67-27-25-56(5)51(60)69-52(2,3)4/h12-14,16-23,28-31,39,47,59H,11,15,24-27,32-34H2,1-10H3. The maximum absolute atomic E-state index is 12.5. The first-order valence-corrected chi connectivity index (χ1v) is 22.9. The summed E-state index contributed by atoms with van der Waals surface area (Å²) in [7, 11) is 9.61. The van der Waals surface area contributed by atoms with Gasteiger partial charge in [0.25, 0.3) is 0 Å². The Balaban J connectivity index is 1.39. The second-order valence-electron chi connectivity index (χ2n) is 17.3. The monoisotopic (exact) mass is 950 g/mol. The summed E-state index contributed by atoms with van der Waals surface area (Å²) >= 11 is 0. The van der Waals surface area contributed by atoms with Gasteiger partial charge < -0.3 is 57.5 Å². The van der Waals surface area contributed by atoms with Crippen LogP contribution in [-0.4, -0.2) is 110 Å². The molecule has 1 N–H and O–H groups in total. The highest BCUT2D eigenvalue weighted by atomic mass is 16.6. The summed E-state index contributed by atoms with van der Waals surface area (Å²) in [4.78, 5) is 26.0. The van der Waals surface area contributed by atoms with Crippen molar-refractivity contribution in [3.05, 3.63) is 119 Å². The van der Waals surface area contributed by atoms with Crippen LogP contribution in [0.5, 0.6) is 40.5 Å². The molecule has 0 bridgehead atoms. The van der Waals surface area contributed by atoms with Gasteiger partial charge in [0.2, 0.25) is 0 Å². The molecule has 0 aliphatic heterocycles. The lowest BCUT2D eigenvalue weighted by atomic mass is 10.1. The third kappa shape index (κ3) is 13.8. The fourth-order valence-electron chi connectivity index (χ4n) is 7.48. The van der Waals surface area contributed by atoms with Crippen molar-refractivity contribution >= 4 is 17.6 Å². The van der Waals surface area contributed by atoms with Gasteiger partial charge in [-0.25, -0.2) is 14.3 Å². The number of nitrogens with zero attached hydrogens (tertiary/aromatic N) is 6. The molecule has 6 rings (SSSR count). The quantitative estimate of drug-likeness (QED) is 0.0540. The van der Waals surface area contributed by atoms with E-state index in [2.05, 4.69) is 6.92 Å². The van der Waals surface area contributed by atoms with E-state index in [1.54, 1.807) is 64.4 Å². The Morgan fingerprint density at radius 3 is 2.01 bits per heavy atom. The van der Waals surface area contributed by atoms with E-state index < -0.39 is 17.8 Å². The van der Waals surface area contributed by atoms with Gasteiger partial charge in [-0.15, -0.1) is 5.10 Å². The molecular formula is C52H66N6O11. The van der Waals surface area contributed by atoms with E-state index in [4.69, 9.17) is 57.7 Å². The highest BCUT2D eigenvalue weighted by Crippen LogP contribution is 2.36. The van der Waals surface area contributed by atoms with Gasteiger partial charge in [-0.1, -0.05) is 49.7 Å². The van der Waals surface area contributed by atoms with Crippen LogP contribution in [0.1, 0.15) is 81.0 Å². The van der Waals surface area contributed by atoms with Crippen molar-refractivity contribution in [2.45, 2.75) is 84.5 Å². The number of carbonyl (C=O) groups is 1. The van der Waals surface area contributed by atoms with Crippen molar-refractivity contribution in [1.82, 2.24) is 24.5 Å². The van der Waals surface area contributed by atoms with Crippen molar-refractivity contribution in [1.29, 1.82) is 0 Å². The lowest BCUT2D eigenvalue weighted by molar-refractivity contribution is 0.0277. The largest absolute Gasteiger partial charge is 0.497 e. The van der Waals surface area contributed by atoms with Crippen molar-refractivity contribution in [3.8, 4) is 40.5 Å². The fraction of sp³-hybridized carbons (Fsp3) is 0.423. The number of anilines is 1. The first kappa shape index (κ1) is 51.4. The molecule has 0 aliphatic carbocycles. The molecule has 2 heterocycles. The minimum Gasteiger partial charge on any atom is -0.497 e. The number of carbonyl (C=O) groups excluding carboxylic acids is 1. The molecule has 6 aromatic rings.